The molecule has 0 N–H and O–H groups in total. The fraction of sp³-hybridized carbons (Fsp3) is 0.276. The molecule has 0 radical (unpaired) electrons. The normalized spacial score (nSPS) is 12.5. The molecular weight excluding hydrogens is 394 g/mol. The maximum atomic E-state index is 5.21. The van der Waals surface area contributed by atoms with Crippen LogP contribution in [0.4, 0.5) is 0 Å². The molecule has 5 rings (SSSR count). The van der Waals surface area contributed by atoms with Gasteiger partial charge in [0.1, 0.15) is 0 Å². The summed E-state index contributed by atoms with van der Waals surface area (Å²) in [5.41, 5.74) is 4.85. The molecule has 0 amide bonds. The van der Waals surface area contributed by atoms with Gasteiger partial charge in [0.05, 0.1) is 15.9 Å². The first-order valence-corrected chi connectivity index (χ1v) is 12.0. The van der Waals surface area contributed by atoms with Crippen LogP contribution in [0.25, 0.3) is 43.0 Å². The smallest absolute Gasteiger partial charge is 0.0888 e. The molecule has 0 saturated heterocycles. The molecule has 0 aliphatic carbocycles. The van der Waals surface area contributed by atoms with E-state index in [-0.39, 0.29) is 5.41 Å². The van der Waals surface area contributed by atoms with Gasteiger partial charge in [0.25, 0.3) is 0 Å². The van der Waals surface area contributed by atoms with E-state index >= 15 is 0 Å². The van der Waals surface area contributed by atoms with Gasteiger partial charge in [0.15, 0.2) is 0 Å². The first-order valence-electron chi connectivity index (χ1n) is 11.2. The van der Waals surface area contributed by atoms with E-state index in [0.717, 1.165) is 17.6 Å². The van der Waals surface area contributed by atoms with Crippen molar-refractivity contribution in [1.29, 1.82) is 0 Å². The molecule has 156 valence electrons. The molecule has 0 saturated carbocycles. The van der Waals surface area contributed by atoms with E-state index in [2.05, 4.69) is 101 Å². The Morgan fingerprint density at radius 1 is 0.839 bits per heavy atom. The van der Waals surface area contributed by atoms with Gasteiger partial charge in [0.2, 0.25) is 0 Å². The summed E-state index contributed by atoms with van der Waals surface area (Å²) in [6.07, 6.45) is 1.11. The third kappa shape index (κ3) is 3.64. The summed E-state index contributed by atoms with van der Waals surface area (Å²) in [4.78, 5) is 6.65. The van der Waals surface area contributed by atoms with Gasteiger partial charge >= 0.3 is 0 Å². The molecule has 2 heteroatoms. The molecule has 0 spiro atoms. The Morgan fingerprint density at radius 3 is 2.29 bits per heavy atom. The van der Waals surface area contributed by atoms with Crippen LogP contribution in [0.3, 0.4) is 0 Å². The van der Waals surface area contributed by atoms with E-state index in [4.69, 9.17) is 4.98 Å². The maximum Gasteiger partial charge on any atom is 0.0888 e. The number of benzene rings is 3. The van der Waals surface area contributed by atoms with Gasteiger partial charge in [-0.25, -0.2) is 4.98 Å². The highest BCUT2D eigenvalue weighted by Gasteiger charge is 2.20. The van der Waals surface area contributed by atoms with Crippen LogP contribution in [-0.4, -0.2) is 4.98 Å². The third-order valence-corrected chi connectivity index (χ3v) is 7.14. The molecule has 0 fully saturated rings. The van der Waals surface area contributed by atoms with Crippen molar-refractivity contribution >= 4 is 43.1 Å². The monoisotopic (exact) mass is 423 g/mol. The van der Waals surface area contributed by atoms with Crippen molar-refractivity contribution in [3.8, 4) is 11.3 Å². The Hall–Kier alpha value is -2.71. The number of fused-ring (bicyclic) bond motifs is 4. The summed E-state index contributed by atoms with van der Waals surface area (Å²) in [6, 6.07) is 24.4. The predicted octanol–water partition coefficient (Wildman–Crippen LogP) is 8.77. The van der Waals surface area contributed by atoms with Crippen molar-refractivity contribution in [3.05, 3.63) is 77.2 Å². The van der Waals surface area contributed by atoms with Crippen LogP contribution >= 0.6 is 11.3 Å². The minimum absolute atomic E-state index is 0.0594. The zero-order valence-corrected chi connectivity index (χ0v) is 19.8. The lowest BCUT2D eigenvalue weighted by Crippen LogP contribution is -2.12. The highest BCUT2D eigenvalue weighted by molar-refractivity contribution is 7.19. The molecule has 0 aliphatic heterocycles. The third-order valence-electron chi connectivity index (χ3n) is 5.98. The largest absolute Gasteiger partial charge is 0.246 e. The van der Waals surface area contributed by atoms with Gasteiger partial charge in [-0.3, -0.25) is 0 Å². The Kier molecular flexibility index (Phi) is 4.86. The van der Waals surface area contributed by atoms with E-state index in [9.17, 15) is 0 Å². The summed E-state index contributed by atoms with van der Waals surface area (Å²) >= 11 is 1.92. The second-order valence-electron chi connectivity index (χ2n) is 10.0. The van der Waals surface area contributed by atoms with E-state index in [1.165, 1.54) is 42.2 Å². The Balaban J connectivity index is 1.85. The van der Waals surface area contributed by atoms with Gasteiger partial charge in [-0.1, -0.05) is 77.1 Å². The Bertz CT molecular complexity index is 1420. The minimum Gasteiger partial charge on any atom is -0.246 e. The molecule has 5 aromatic rings. The molecule has 0 bridgehead atoms. The molecule has 0 atom stereocenters. The summed E-state index contributed by atoms with van der Waals surface area (Å²) < 4.78 is 1.31. The molecule has 31 heavy (non-hydrogen) atoms. The van der Waals surface area contributed by atoms with Crippen molar-refractivity contribution in [3.63, 3.8) is 0 Å². The number of pyridine rings is 1. The van der Waals surface area contributed by atoms with Gasteiger partial charge in [0, 0.05) is 21.2 Å². The topological polar surface area (TPSA) is 12.9 Å². The van der Waals surface area contributed by atoms with Crippen LogP contribution in [0.15, 0.2) is 66.7 Å². The van der Waals surface area contributed by atoms with Gasteiger partial charge in [-0.15, -0.1) is 11.3 Å². The van der Waals surface area contributed by atoms with Crippen molar-refractivity contribution in [1.82, 2.24) is 4.98 Å². The lowest BCUT2D eigenvalue weighted by atomic mass is 9.82. The molecule has 0 unspecified atom stereocenters. The molecule has 2 aromatic heterocycles. The van der Waals surface area contributed by atoms with Crippen LogP contribution in [-0.2, 0) is 11.8 Å². The molecule has 3 aromatic carbocycles. The zero-order chi connectivity index (χ0) is 21.8. The number of hydrogen-bond acceptors (Lipinski definition) is 2. The summed E-state index contributed by atoms with van der Waals surface area (Å²) in [5, 5.41) is 5.21. The van der Waals surface area contributed by atoms with E-state index < -0.39 is 0 Å². The van der Waals surface area contributed by atoms with Crippen LogP contribution in [0.1, 0.15) is 45.1 Å². The number of thiophene rings is 1. The number of nitrogens with zero attached hydrogens (tertiary/aromatic N) is 1. The summed E-state index contributed by atoms with van der Waals surface area (Å²) in [7, 11) is 0. The molecule has 0 aliphatic rings. The van der Waals surface area contributed by atoms with Crippen LogP contribution in [0, 0.1) is 5.92 Å². The van der Waals surface area contributed by atoms with E-state index in [0.29, 0.717) is 5.92 Å². The average Bonchev–Trinajstić information content (AvgIpc) is 3.14. The second kappa shape index (κ2) is 7.46. The highest BCUT2D eigenvalue weighted by Crippen LogP contribution is 2.41. The molecule has 2 heterocycles. The SMILES string of the molecule is CC(C)Cc1cc2c(s1)c(-c1cc(C(C)(C)C)c3ccccc3c1)nc1ccccc12. The van der Waals surface area contributed by atoms with Crippen molar-refractivity contribution in [2.45, 2.75) is 46.5 Å². The lowest BCUT2D eigenvalue weighted by molar-refractivity contribution is 0.596. The first kappa shape index (κ1) is 20.2. The maximum absolute atomic E-state index is 5.21. The van der Waals surface area contributed by atoms with Gasteiger partial charge < -0.3 is 0 Å². The van der Waals surface area contributed by atoms with Gasteiger partial charge in [-0.05, 0) is 58.4 Å². The number of hydrogen-bond donors (Lipinski definition) is 0. The van der Waals surface area contributed by atoms with E-state index in [1.807, 2.05) is 11.3 Å². The van der Waals surface area contributed by atoms with E-state index in [1.54, 1.807) is 0 Å². The average molecular weight is 424 g/mol. The summed E-state index contributed by atoms with van der Waals surface area (Å²) in [6.45, 7) is 11.5. The van der Waals surface area contributed by atoms with Crippen LogP contribution in [0.2, 0.25) is 0 Å². The Labute approximate surface area is 188 Å². The standard InChI is InChI=1S/C29H29NS/c1-18(2)14-21-17-24-23-12-8-9-13-26(23)30-27(28(24)31-21)20-15-19-10-6-7-11-22(19)25(16-20)29(3,4)5/h6-13,15-18H,14H2,1-5H3. The van der Waals surface area contributed by atoms with Crippen LogP contribution < -0.4 is 0 Å². The molecule has 1 nitrogen and oxygen atoms in total. The minimum atomic E-state index is 0.0594. The number of rotatable bonds is 3. The quantitative estimate of drug-likeness (QED) is 0.282. The van der Waals surface area contributed by atoms with Crippen molar-refractivity contribution in [2.75, 3.05) is 0 Å². The van der Waals surface area contributed by atoms with Crippen molar-refractivity contribution in [2.24, 2.45) is 5.92 Å². The predicted molar refractivity (Wildman–Crippen MR) is 137 cm³/mol. The lowest BCUT2D eigenvalue weighted by Gasteiger charge is -2.23. The number of aromatic nitrogens is 1. The highest BCUT2D eigenvalue weighted by atomic mass is 32.1. The van der Waals surface area contributed by atoms with Crippen LogP contribution in [0.5, 0.6) is 0 Å². The zero-order valence-electron chi connectivity index (χ0n) is 19.0. The van der Waals surface area contributed by atoms with Gasteiger partial charge in [-0.2, -0.15) is 0 Å². The second-order valence-corrected chi connectivity index (χ2v) is 11.2. The fourth-order valence-corrected chi connectivity index (χ4v) is 5.95. The summed E-state index contributed by atoms with van der Waals surface area (Å²) in [5.74, 6) is 0.642. The molecular formula is C29H29NS. The van der Waals surface area contributed by atoms with Crippen molar-refractivity contribution < 1.29 is 0 Å². The fourth-order valence-electron chi connectivity index (χ4n) is 4.55. The number of para-hydroxylation sites is 1. The Morgan fingerprint density at radius 2 is 1.55 bits per heavy atom. The first-order chi connectivity index (χ1) is 14.8.